The van der Waals surface area contributed by atoms with Crippen molar-refractivity contribution in [3.05, 3.63) is 30.1 Å². The summed E-state index contributed by atoms with van der Waals surface area (Å²) < 4.78 is 0. The molecule has 2 heterocycles. The molecule has 3 unspecified atom stereocenters. The first-order chi connectivity index (χ1) is 12.1. The highest BCUT2D eigenvalue weighted by Crippen LogP contribution is 2.40. The number of carbonyl (C=O) groups is 2. The van der Waals surface area contributed by atoms with Crippen LogP contribution in [0.5, 0.6) is 0 Å². The van der Waals surface area contributed by atoms with Gasteiger partial charge in [0, 0.05) is 12.5 Å². The lowest BCUT2D eigenvalue weighted by atomic mass is 10.0. The summed E-state index contributed by atoms with van der Waals surface area (Å²) >= 11 is 0. The van der Waals surface area contributed by atoms with Gasteiger partial charge in [0.15, 0.2) is 0 Å². The fraction of sp³-hybridized carbons (Fsp3) is 0.526. The number of aromatic nitrogens is 2. The number of para-hydroxylation sites is 2. The Balaban J connectivity index is 1.40. The number of amides is 2. The number of aromatic amines is 1. The van der Waals surface area contributed by atoms with Gasteiger partial charge in [-0.3, -0.25) is 9.59 Å². The molecule has 2 N–H and O–H groups in total. The first-order valence-corrected chi connectivity index (χ1v) is 9.15. The number of benzene rings is 1. The number of H-pyrrole nitrogens is 1. The van der Waals surface area contributed by atoms with Gasteiger partial charge < -0.3 is 15.2 Å². The lowest BCUT2D eigenvalue weighted by Gasteiger charge is -2.35. The Bertz CT molecular complexity index is 767. The van der Waals surface area contributed by atoms with E-state index in [0.717, 1.165) is 42.5 Å². The molecule has 1 aliphatic carbocycles. The number of hydrogen-bond acceptors (Lipinski definition) is 3. The molecule has 132 valence electrons. The number of piperidine rings is 1. The molecule has 2 aliphatic rings. The summed E-state index contributed by atoms with van der Waals surface area (Å²) in [6, 6.07) is 7.46. The number of imidazole rings is 1. The van der Waals surface area contributed by atoms with Crippen LogP contribution in [-0.2, 0) is 16.1 Å². The fourth-order valence-electron chi connectivity index (χ4n) is 3.73. The average Bonchev–Trinajstić information content (AvgIpc) is 3.22. The minimum Gasteiger partial charge on any atom is -0.347 e. The van der Waals surface area contributed by atoms with Crippen molar-refractivity contribution in [1.82, 2.24) is 20.2 Å². The van der Waals surface area contributed by atoms with E-state index in [9.17, 15) is 9.59 Å². The molecule has 2 amide bonds. The summed E-state index contributed by atoms with van der Waals surface area (Å²) in [5.41, 5.74) is 1.85. The highest BCUT2D eigenvalue weighted by atomic mass is 16.2. The summed E-state index contributed by atoms with van der Waals surface area (Å²) in [5, 5.41) is 2.96. The second-order valence-electron chi connectivity index (χ2n) is 7.28. The summed E-state index contributed by atoms with van der Waals surface area (Å²) in [5.74, 6) is 1.43. The number of rotatable bonds is 4. The van der Waals surface area contributed by atoms with Crippen LogP contribution in [0.4, 0.5) is 0 Å². The summed E-state index contributed by atoms with van der Waals surface area (Å²) in [4.78, 5) is 34.8. The first kappa shape index (κ1) is 16.1. The van der Waals surface area contributed by atoms with Gasteiger partial charge in [-0.15, -0.1) is 0 Å². The predicted molar refractivity (Wildman–Crippen MR) is 94.6 cm³/mol. The Labute approximate surface area is 147 Å². The van der Waals surface area contributed by atoms with Crippen LogP contribution in [0.2, 0.25) is 0 Å². The van der Waals surface area contributed by atoms with Gasteiger partial charge in [0.05, 0.1) is 17.6 Å². The quantitative estimate of drug-likeness (QED) is 0.896. The Morgan fingerprint density at radius 3 is 2.88 bits per heavy atom. The topological polar surface area (TPSA) is 78.1 Å². The number of hydrogen-bond donors (Lipinski definition) is 2. The molecule has 0 bridgehead atoms. The molecule has 1 saturated heterocycles. The molecule has 4 rings (SSSR count). The zero-order chi connectivity index (χ0) is 17.4. The molecule has 0 radical (unpaired) electrons. The minimum atomic E-state index is -0.335. The molecule has 1 saturated carbocycles. The van der Waals surface area contributed by atoms with E-state index in [1.807, 2.05) is 29.2 Å². The van der Waals surface area contributed by atoms with E-state index in [2.05, 4.69) is 22.2 Å². The third-order valence-corrected chi connectivity index (χ3v) is 5.38. The highest BCUT2D eigenvalue weighted by Gasteiger charge is 2.44. The molecule has 6 nitrogen and oxygen atoms in total. The van der Waals surface area contributed by atoms with Crippen LogP contribution < -0.4 is 5.32 Å². The van der Waals surface area contributed by atoms with Crippen LogP contribution >= 0.6 is 0 Å². The molecule has 2 aromatic rings. The van der Waals surface area contributed by atoms with Gasteiger partial charge in [0.2, 0.25) is 11.8 Å². The van der Waals surface area contributed by atoms with Gasteiger partial charge in [-0.05, 0) is 43.7 Å². The van der Waals surface area contributed by atoms with Gasteiger partial charge in [-0.25, -0.2) is 4.98 Å². The lowest BCUT2D eigenvalue weighted by Crippen LogP contribution is -2.52. The van der Waals surface area contributed by atoms with E-state index in [1.54, 1.807) is 0 Å². The third kappa shape index (κ3) is 3.25. The molecule has 1 aromatic heterocycles. The maximum absolute atomic E-state index is 12.7. The lowest BCUT2D eigenvalue weighted by molar-refractivity contribution is -0.143. The van der Waals surface area contributed by atoms with E-state index in [0.29, 0.717) is 19.0 Å². The van der Waals surface area contributed by atoms with Crippen molar-refractivity contribution < 1.29 is 9.59 Å². The van der Waals surface area contributed by atoms with Crippen LogP contribution in [0, 0.1) is 11.8 Å². The Kier molecular flexibility index (Phi) is 4.19. The fourth-order valence-corrected chi connectivity index (χ4v) is 3.73. The normalized spacial score (nSPS) is 25.8. The molecule has 1 aromatic carbocycles. The largest absolute Gasteiger partial charge is 0.347 e. The second-order valence-corrected chi connectivity index (χ2v) is 7.28. The Morgan fingerprint density at radius 2 is 2.12 bits per heavy atom. The van der Waals surface area contributed by atoms with E-state index in [1.165, 1.54) is 0 Å². The van der Waals surface area contributed by atoms with E-state index in [4.69, 9.17) is 0 Å². The molecule has 3 atom stereocenters. The Hall–Kier alpha value is -2.37. The Morgan fingerprint density at radius 1 is 1.32 bits per heavy atom. The zero-order valence-electron chi connectivity index (χ0n) is 14.5. The smallest absolute Gasteiger partial charge is 0.243 e. The number of carbonyl (C=O) groups excluding carboxylic acids is 2. The number of likely N-dealkylation sites (tertiary alicyclic amines) is 1. The van der Waals surface area contributed by atoms with Gasteiger partial charge in [0.1, 0.15) is 11.9 Å². The molecule has 1 aliphatic heterocycles. The maximum Gasteiger partial charge on any atom is 0.243 e. The molecule has 0 spiro atoms. The monoisotopic (exact) mass is 340 g/mol. The van der Waals surface area contributed by atoms with Crippen LogP contribution in [0.15, 0.2) is 24.3 Å². The van der Waals surface area contributed by atoms with Gasteiger partial charge in [-0.2, -0.15) is 0 Å². The first-order valence-electron chi connectivity index (χ1n) is 9.15. The average molecular weight is 340 g/mol. The van der Waals surface area contributed by atoms with E-state index >= 15 is 0 Å². The van der Waals surface area contributed by atoms with Crippen LogP contribution in [0.3, 0.4) is 0 Å². The molecular weight excluding hydrogens is 316 g/mol. The van der Waals surface area contributed by atoms with E-state index < -0.39 is 0 Å². The van der Waals surface area contributed by atoms with Crippen molar-refractivity contribution in [2.75, 3.05) is 6.54 Å². The maximum atomic E-state index is 12.7. The van der Waals surface area contributed by atoms with Crippen LogP contribution in [0.25, 0.3) is 11.0 Å². The molecule has 2 fully saturated rings. The molecular formula is C19H24N4O2. The van der Waals surface area contributed by atoms with Gasteiger partial charge in [-0.1, -0.05) is 19.1 Å². The second kappa shape index (κ2) is 6.50. The third-order valence-electron chi connectivity index (χ3n) is 5.38. The molecule has 25 heavy (non-hydrogen) atoms. The molecule has 6 heteroatoms. The van der Waals surface area contributed by atoms with Crippen LogP contribution in [0.1, 0.15) is 38.4 Å². The van der Waals surface area contributed by atoms with Gasteiger partial charge in [0.25, 0.3) is 0 Å². The summed E-state index contributed by atoms with van der Waals surface area (Å²) in [7, 11) is 0. The minimum absolute atomic E-state index is 0.0678. The standard InChI is InChI=1S/C19H24N4O2/c1-12-10-13(12)19(25)23-9-5-4-8-16(23)18(24)20-11-17-21-14-6-2-3-7-15(14)22-17/h2-3,6-7,12-13,16H,4-5,8-11H2,1H3,(H,20,24)(H,21,22). The summed E-state index contributed by atoms with van der Waals surface area (Å²) in [6.45, 7) is 3.15. The van der Waals surface area contributed by atoms with Crippen molar-refractivity contribution in [2.24, 2.45) is 11.8 Å². The SMILES string of the molecule is CC1CC1C(=O)N1CCCCC1C(=O)NCc1nc2ccccc2[nH]1. The highest BCUT2D eigenvalue weighted by molar-refractivity contribution is 5.89. The number of fused-ring (bicyclic) bond motifs is 1. The zero-order valence-corrected chi connectivity index (χ0v) is 14.5. The van der Waals surface area contributed by atoms with Crippen molar-refractivity contribution in [3.63, 3.8) is 0 Å². The summed E-state index contributed by atoms with van der Waals surface area (Å²) in [6.07, 6.45) is 3.69. The van der Waals surface area contributed by atoms with E-state index in [-0.39, 0.29) is 23.8 Å². The van der Waals surface area contributed by atoms with Crippen molar-refractivity contribution >= 4 is 22.8 Å². The van der Waals surface area contributed by atoms with Crippen molar-refractivity contribution in [3.8, 4) is 0 Å². The van der Waals surface area contributed by atoms with Crippen molar-refractivity contribution in [1.29, 1.82) is 0 Å². The predicted octanol–water partition coefficient (Wildman–Crippen LogP) is 2.22. The number of nitrogens with one attached hydrogen (secondary N) is 2. The van der Waals surface area contributed by atoms with Crippen LogP contribution in [-0.4, -0.2) is 39.3 Å². The van der Waals surface area contributed by atoms with Crippen molar-refractivity contribution in [2.45, 2.75) is 45.2 Å². The number of nitrogens with zero attached hydrogens (tertiary/aromatic N) is 2. The van der Waals surface area contributed by atoms with Gasteiger partial charge >= 0.3 is 0 Å².